The van der Waals surface area contributed by atoms with Crippen molar-refractivity contribution >= 4 is 28.3 Å². The Hall–Kier alpha value is -0.0900. The van der Waals surface area contributed by atoms with Gasteiger partial charge < -0.3 is 5.32 Å². The van der Waals surface area contributed by atoms with E-state index < -0.39 is 0 Å². The monoisotopic (exact) mass is 346 g/mol. The molecule has 1 aliphatic heterocycles. The number of rotatable bonds is 3. The fourth-order valence-electron chi connectivity index (χ4n) is 2.62. The molecule has 1 fully saturated rings. The molecule has 0 aliphatic carbocycles. The highest BCUT2D eigenvalue weighted by molar-refractivity contribution is 9.10. The van der Waals surface area contributed by atoms with E-state index in [1.54, 1.807) is 0 Å². The Balaban J connectivity index is 0.00000180. The van der Waals surface area contributed by atoms with E-state index in [1.807, 2.05) is 0 Å². The van der Waals surface area contributed by atoms with Crippen molar-refractivity contribution < 1.29 is 0 Å². The van der Waals surface area contributed by atoms with Gasteiger partial charge in [-0.3, -0.25) is 4.90 Å². The summed E-state index contributed by atoms with van der Waals surface area (Å²) in [5.41, 5.74) is 1.42. The van der Waals surface area contributed by atoms with Gasteiger partial charge in [0, 0.05) is 36.2 Å². The van der Waals surface area contributed by atoms with E-state index in [1.165, 1.54) is 10.0 Å². The van der Waals surface area contributed by atoms with Crippen LogP contribution in [0.15, 0.2) is 28.7 Å². The van der Waals surface area contributed by atoms with E-state index in [2.05, 4.69) is 71.2 Å². The van der Waals surface area contributed by atoms with Crippen LogP contribution in [0.1, 0.15) is 32.3 Å². The van der Waals surface area contributed by atoms with E-state index in [0.717, 1.165) is 19.6 Å². The highest BCUT2D eigenvalue weighted by atomic mass is 79.9. The maximum absolute atomic E-state index is 3.55. The lowest BCUT2D eigenvalue weighted by molar-refractivity contribution is 0.140. The first-order chi connectivity index (χ1) is 8.56. The van der Waals surface area contributed by atoms with Crippen LogP contribution in [0.2, 0.25) is 0 Å². The molecule has 2 rings (SSSR count). The molecular formula is C15H24BrClN2. The molecule has 108 valence electrons. The summed E-state index contributed by atoms with van der Waals surface area (Å²) in [4.78, 5) is 2.60. The Morgan fingerprint density at radius 3 is 2.84 bits per heavy atom. The summed E-state index contributed by atoms with van der Waals surface area (Å²) >= 11 is 3.55. The van der Waals surface area contributed by atoms with E-state index in [0.29, 0.717) is 18.0 Å². The second kappa shape index (κ2) is 7.63. The second-order valence-electron chi connectivity index (χ2n) is 5.57. The summed E-state index contributed by atoms with van der Waals surface area (Å²) in [7, 11) is 0. The molecule has 1 aromatic carbocycles. The van der Waals surface area contributed by atoms with Crippen LogP contribution in [0.5, 0.6) is 0 Å². The van der Waals surface area contributed by atoms with Gasteiger partial charge in [0.1, 0.15) is 0 Å². The minimum absolute atomic E-state index is 0. The third kappa shape index (κ3) is 4.75. The molecule has 0 radical (unpaired) electrons. The van der Waals surface area contributed by atoms with Crippen LogP contribution in [0.25, 0.3) is 0 Å². The fraction of sp³-hybridized carbons (Fsp3) is 0.600. The molecule has 3 unspecified atom stereocenters. The van der Waals surface area contributed by atoms with E-state index in [-0.39, 0.29) is 12.4 Å². The number of hydrogen-bond donors (Lipinski definition) is 1. The normalized spacial score (nSPS) is 25.7. The van der Waals surface area contributed by atoms with Gasteiger partial charge in [0.2, 0.25) is 0 Å². The average Bonchev–Trinajstić information content (AvgIpc) is 2.34. The van der Waals surface area contributed by atoms with Crippen molar-refractivity contribution in [1.29, 1.82) is 0 Å². The quantitative estimate of drug-likeness (QED) is 0.897. The van der Waals surface area contributed by atoms with Gasteiger partial charge >= 0.3 is 0 Å². The third-order valence-corrected chi connectivity index (χ3v) is 4.31. The van der Waals surface area contributed by atoms with Gasteiger partial charge in [0.25, 0.3) is 0 Å². The van der Waals surface area contributed by atoms with E-state index >= 15 is 0 Å². The van der Waals surface area contributed by atoms with Crippen LogP contribution in [0, 0.1) is 0 Å². The van der Waals surface area contributed by atoms with Gasteiger partial charge in [-0.1, -0.05) is 35.0 Å². The van der Waals surface area contributed by atoms with Crippen molar-refractivity contribution in [2.24, 2.45) is 0 Å². The molecule has 1 N–H and O–H groups in total. The minimum atomic E-state index is 0. The lowest BCUT2D eigenvalue weighted by Crippen LogP contribution is -2.54. The average molecular weight is 348 g/mol. The van der Waals surface area contributed by atoms with Crippen LogP contribution in [0.3, 0.4) is 0 Å². The molecule has 0 bridgehead atoms. The minimum Gasteiger partial charge on any atom is -0.311 e. The highest BCUT2D eigenvalue weighted by Gasteiger charge is 2.23. The predicted molar refractivity (Wildman–Crippen MR) is 88.3 cm³/mol. The summed E-state index contributed by atoms with van der Waals surface area (Å²) in [6.07, 6.45) is 0. The Labute approximate surface area is 131 Å². The molecule has 1 heterocycles. The highest BCUT2D eigenvalue weighted by Crippen LogP contribution is 2.22. The zero-order chi connectivity index (χ0) is 13.1. The number of halogens is 2. The molecule has 0 saturated carbocycles. The number of nitrogens with one attached hydrogen (secondary N) is 1. The van der Waals surface area contributed by atoms with Crippen molar-refractivity contribution in [2.45, 2.75) is 38.8 Å². The topological polar surface area (TPSA) is 15.3 Å². The molecule has 1 saturated heterocycles. The molecule has 0 amide bonds. The van der Waals surface area contributed by atoms with Crippen molar-refractivity contribution in [1.82, 2.24) is 10.2 Å². The zero-order valence-corrected chi connectivity index (χ0v) is 14.3. The number of hydrogen-bond acceptors (Lipinski definition) is 2. The predicted octanol–water partition coefficient (Wildman–Crippen LogP) is 3.66. The Morgan fingerprint density at radius 1 is 1.42 bits per heavy atom. The molecule has 4 heteroatoms. The molecule has 0 spiro atoms. The number of nitrogens with zero attached hydrogens (tertiary/aromatic N) is 1. The fourth-order valence-corrected chi connectivity index (χ4v) is 3.04. The largest absolute Gasteiger partial charge is 0.311 e. The van der Waals surface area contributed by atoms with Crippen LogP contribution in [-0.2, 0) is 0 Å². The van der Waals surface area contributed by atoms with E-state index in [9.17, 15) is 0 Å². The first-order valence-corrected chi connectivity index (χ1v) is 7.58. The molecule has 19 heavy (non-hydrogen) atoms. The Bertz CT molecular complexity index is 399. The van der Waals surface area contributed by atoms with Crippen molar-refractivity contribution in [3.05, 3.63) is 34.3 Å². The summed E-state index contributed by atoms with van der Waals surface area (Å²) in [5, 5.41) is 3.53. The first kappa shape index (κ1) is 17.0. The molecule has 0 aromatic heterocycles. The van der Waals surface area contributed by atoms with Gasteiger partial charge in [0.15, 0.2) is 0 Å². The maximum atomic E-state index is 3.55. The van der Waals surface area contributed by atoms with Crippen molar-refractivity contribution in [3.8, 4) is 0 Å². The first-order valence-electron chi connectivity index (χ1n) is 6.79. The summed E-state index contributed by atoms with van der Waals surface area (Å²) in [5.74, 6) is 0.579. The summed E-state index contributed by atoms with van der Waals surface area (Å²) in [6.45, 7) is 10.3. The van der Waals surface area contributed by atoms with Crippen molar-refractivity contribution in [3.63, 3.8) is 0 Å². The number of piperazine rings is 1. The standard InChI is InChI=1S/C15H23BrN2.ClH/c1-11(14-5-4-6-15(16)7-14)9-18-10-12(2)17-8-13(18)3;/h4-7,11-13,17H,8-10H2,1-3H3;1H. The van der Waals surface area contributed by atoms with Gasteiger partial charge in [-0.05, 0) is 37.5 Å². The zero-order valence-electron chi connectivity index (χ0n) is 11.9. The molecule has 2 nitrogen and oxygen atoms in total. The maximum Gasteiger partial charge on any atom is 0.0193 e. The molecule has 1 aromatic rings. The molecule has 1 aliphatic rings. The summed E-state index contributed by atoms with van der Waals surface area (Å²) < 4.78 is 1.17. The van der Waals surface area contributed by atoms with Crippen LogP contribution in [0.4, 0.5) is 0 Å². The van der Waals surface area contributed by atoms with Crippen LogP contribution in [-0.4, -0.2) is 36.6 Å². The smallest absolute Gasteiger partial charge is 0.0193 e. The Morgan fingerprint density at radius 2 is 2.16 bits per heavy atom. The lowest BCUT2D eigenvalue weighted by Gasteiger charge is -2.39. The SMILES string of the molecule is CC1CN(CC(C)c2cccc(Br)c2)C(C)CN1.Cl. The third-order valence-electron chi connectivity index (χ3n) is 3.82. The van der Waals surface area contributed by atoms with Gasteiger partial charge in [0.05, 0.1) is 0 Å². The van der Waals surface area contributed by atoms with Crippen LogP contribution >= 0.6 is 28.3 Å². The number of benzene rings is 1. The molecule has 3 atom stereocenters. The van der Waals surface area contributed by atoms with Gasteiger partial charge in [-0.15, -0.1) is 12.4 Å². The van der Waals surface area contributed by atoms with Gasteiger partial charge in [-0.25, -0.2) is 0 Å². The van der Waals surface area contributed by atoms with Crippen molar-refractivity contribution in [2.75, 3.05) is 19.6 Å². The lowest BCUT2D eigenvalue weighted by atomic mass is 9.99. The van der Waals surface area contributed by atoms with Crippen LogP contribution < -0.4 is 5.32 Å². The Kier molecular flexibility index (Phi) is 6.81. The second-order valence-corrected chi connectivity index (χ2v) is 6.48. The molecular weight excluding hydrogens is 324 g/mol. The summed E-state index contributed by atoms with van der Waals surface area (Å²) in [6, 6.07) is 9.92. The van der Waals surface area contributed by atoms with Gasteiger partial charge in [-0.2, -0.15) is 0 Å². The van der Waals surface area contributed by atoms with E-state index in [4.69, 9.17) is 0 Å².